The van der Waals surface area contributed by atoms with Gasteiger partial charge in [0.2, 0.25) is 33.3 Å². The normalized spacial score (nSPS) is 29.2. The van der Waals surface area contributed by atoms with Crippen LogP contribution in [0.5, 0.6) is 11.6 Å². The quantitative estimate of drug-likeness (QED) is 0.288. The van der Waals surface area contributed by atoms with Crippen molar-refractivity contribution in [2.24, 2.45) is 17.8 Å². The largest absolute Gasteiger partial charge is 0.494 e. The van der Waals surface area contributed by atoms with Crippen molar-refractivity contribution in [1.29, 1.82) is 0 Å². The van der Waals surface area contributed by atoms with Crippen LogP contribution in [0, 0.1) is 17.8 Å². The SMILES string of the molecule is COc1cnc(O[C@@H]2C[C@H]3C(=O)N[C@]4(C(=O)NS(=O)(=O)C5(CF)CC5)C[C@H]4CCCC[C@H](C)C[C@@H](C)[C@H](NC(=O)OC(C)(C)C(F)(F)F)C(=O)N3C2)c2ccccc12. The fourth-order valence-corrected chi connectivity index (χ4v) is 9.60. The highest BCUT2D eigenvalue weighted by Gasteiger charge is 2.64. The van der Waals surface area contributed by atoms with Crippen LogP contribution in [0.1, 0.15) is 85.5 Å². The molecular formula is C39H51F4N5O9S. The Balaban J connectivity index is 1.35. The number of benzene rings is 1. The minimum Gasteiger partial charge on any atom is -0.494 e. The monoisotopic (exact) mass is 841 g/mol. The fourth-order valence-electron chi connectivity index (χ4n) is 8.18. The van der Waals surface area contributed by atoms with Crippen LogP contribution in [-0.2, 0) is 29.1 Å². The second-order valence-electron chi connectivity index (χ2n) is 16.9. The number of fused-ring (bicyclic) bond motifs is 3. The molecular weight excluding hydrogens is 791 g/mol. The predicted octanol–water partition coefficient (Wildman–Crippen LogP) is 5.09. The van der Waals surface area contributed by atoms with E-state index < -0.39 is 92.6 Å². The van der Waals surface area contributed by atoms with E-state index in [1.165, 1.54) is 13.3 Å². The van der Waals surface area contributed by atoms with Gasteiger partial charge in [-0.1, -0.05) is 51.3 Å². The van der Waals surface area contributed by atoms with Crippen LogP contribution in [-0.4, -0.2) is 103 Å². The summed E-state index contributed by atoms with van der Waals surface area (Å²) in [6.45, 7) is 3.57. The number of halogens is 4. The average molecular weight is 842 g/mol. The number of amides is 4. The van der Waals surface area contributed by atoms with Crippen molar-refractivity contribution in [3.05, 3.63) is 30.5 Å². The number of methoxy groups -OCH3 is 1. The highest BCUT2D eigenvalue weighted by molar-refractivity contribution is 7.91. The molecule has 2 saturated carbocycles. The van der Waals surface area contributed by atoms with Crippen LogP contribution < -0.4 is 24.8 Å². The van der Waals surface area contributed by atoms with E-state index in [0.717, 1.165) is 4.90 Å². The maximum Gasteiger partial charge on any atom is 0.427 e. The molecule has 2 aromatic rings. The maximum atomic E-state index is 14.7. The molecule has 0 radical (unpaired) electrons. The lowest BCUT2D eigenvalue weighted by molar-refractivity contribution is -0.244. The zero-order valence-electron chi connectivity index (χ0n) is 33.1. The molecule has 4 aliphatic rings. The lowest BCUT2D eigenvalue weighted by atomic mass is 9.87. The minimum absolute atomic E-state index is 0.0210. The Labute approximate surface area is 334 Å². The van der Waals surface area contributed by atoms with Crippen LogP contribution >= 0.6 is 0 Å². The summed E-state index contributed by atoms with van der Waals surface area (Å²) < 4.78 is 98.3. The number of carbonyl (C=O) groups excluding carboxylic acids is 4. The van der Waals surface area contributed by atoms with Gasteiger partial charge < -0.3 is 29.7 Å². The Hall–Kier alpha value is -4.42. The van der Waals surface area contributed by atoms with Gasteiger partial charge in [0.15, 0.2) is 0 Å². The van der Waals surface area contributed by atoms with Gasteiger partial charge in [-0.05, 0) is 69.8 Å². The highest BCUT2D eigenvalue weighted by Crippen LogP contribution is 2.49. The van der Waals surface area contributed by atoms with Crippen molar-refractivity contribution in [2.45, 2.75) is 126 Å². The number of nitrogens with zero attached hydrogens (tertiary/aromatic N) is 2. The topological polar surface area (TPSA) is 182 Å². The number of alkyl halides is 4. The van der Waals surface area contributed by atoms with Crippen LogP contribution in [0.15, 0.2) is 30.5 Å². The number of sulfonamides is 1. The fraction of sp³-hybridized carbons (Fsp3) is 0.667. The lowest BCUT2D eigenvalue weighted by Gasteiger charge is -2.34. The molecule has 6 rings (SSSR count). The highest BCUT2D eigenvalue weighted by atomic mass is 32.2. The van der Waals surface area contributed by atoms with Crippen LogP contribution in [0.2, 0.25) is 0 Å². The number of hydrogen-bond donors (Lipinski definition) is 3. The zero-order chi connectivity index (χ0) is 42.4. The summed E-state index contributed by atoms with van der Waals surface area (Å²) in [7, 11) is -2.95. The first kappa shape index (κ1) is 43.2. The van der Waals surface area contributed by atoms with Gasteiger partial charge in [0.05, 0.1) is 19.9 Å². The third-order valence-electron chi connectivity index (χ3n) is 12.2. The van der Waals surface area contributed by atoms with Crippen molar-refractivity contribution in [1.82, 2.24) is 25.2 Å². The molecule has 7 atom stereocenters. The maximum absolute atomic E-state index is 14.7. The summed E-state index contributed by atoms with van der Waals surface area (Å²) in [5.74, 6) is -3.11. The van der Waals surface area contributed by atoms with Gasteiger partial charge >= 0.3 is 12.3 Å². The molecule has 3 N–H and O–H groups in total. The van der Waals surface area contributed by atoms with Gasteiger partial charge in [-0.25, -0.2) is 22.6 Å². The van der Waals surface area contributed by atoms with Gasteiger partial charge in [-0.3, -0.25) is 19.1 Å². The Morgan fingerprint density at radius 3 is 2.36 bits per heavy atom. The molecule has 0 spiro atoms. The Morgan fingerprint density at radius 1 is 1.05 bits per heavy atom. The summed E-state index contributed by atoms with van der Waals surface area (Å²) in [6.07, 6.45) is -3.03. The van der Waals surface area contributed by atoms with E-state index in [0.29, 0.717) is 62.5 Å². The Kier molecular flexibility index (Phi) is 11.9. The molecule has 0 bridgehead atoms. The number of alkyl carbamates (subject to hydrolysis) is 1. The van der Waals surface area contributed by atoms with Gasteiger partial charge in [-0.15, -0.1) is 0 Å². The van der Waals surface area contributed by atoms with E-state index in [1.54, 1.807) is 31.2 Å². The summed E-state index contributed by atoms with van der Waals surface area (Å²) in [5.41, 5.74) is -4.58. The summed E-state index contributed by atoms with van der Waals surface area (Å²) in [6, 6.07) is 4.30. The first-order valence-corrected chi connectivity index (χ1v) is 21.1. The van der Waals surface area contributed by atoms with Crippen LogP contribution in [0.3, 0.4) is 0 Å². The van der Waals surface area contributed by atoms with Gasteiger partial charge in [0.1, 0.15) is 40.9 Å². The number of aromatic nitrogens is 1. The van der Waals surface area contributed by atoms with Crippen molar-refractivity contribution in [2.75, 3.05) is 20.3 Å². The van der Waals surface area contributed by atoms with Gasteiger partial charge in [0, 0.05) is 17.2 Å². The minimum atomic E-state index is -4.92. The molecule has 4 amide bonds. The smallest absolute Gasteiger partial charge is 0.427 e. The number of hydrogen-bond acceptors (Lipinski definition) is 10. The van der Waals surface area contributed by atoms with Gasteiger partial charge in [0.25, 0.3) is 5.91 Å². The number of nitrogens with one attached hydrogen (secondary N) is 3. The second kappa shape index (κ2) is 16.0. The Morgan fingerprint density at radius 2 is 1.72 bits per heavy atom. The first-order valence-electron chi connectivity index (χ1n) is 19.6. The standard InChI is InChI=1S/C39H51F4N5O9S/c1-22-10-6-7-11-24-18-38(24,34(51)47-58(53,54)37(21-40)14-15-37)46-31(49)28-17-25(56-32-27-13-9-8-12-26(27)29(55-5)19-44-32)20-48(28)33(50)30(23(2)16-22)45-35(52)57-36(3,4)39(41,42)43/h8-9,12-13,19,22-25,28,30H,6-7,10-11,14-18,20-21H2,1-5H3,(H,45,52)(H,46,49)(H,47,51)/t22-,23+,24+,25+,28-,30-,38+/m0/s1. The number of rotatable bonds is 9. The third kappa shape index (κ3) is 8.50. The molecule has 0 unspecified atom stereocenters. The lowest BCUT2D eigenvalue weighted by Crippen LogP contribution is -2.60. The first-order chi connectivity index (χ1) is 27.2. The average Bonchev–Trinajstić information content (AvgIpc) is 4.06. The van der Waals surface area contributed by atoms with Crippen molar-refractivity contribution in [3.8, 4) is 11.6 Å². The molecule has 320 valence electrons. The molecule has 3 heterocycles. The number of pyridine rings is 1. The summed E-state index contributed by atoms with van der Waals surface area (Å²) in [4.78, 5) is 61.8. The van der Waals surface area contributed by atoms with Crippen molar-refractivity contribution < 1.29 is 59.4 Å². The second-order valence-corrected chi connectivity index (χ2v) is 19.0. The van der Waals surface area contributed by atoms with E-state index in [1.807, 2.05) is 11.6 Å². The molecule has 2 aliphatic carbocycles. The molecule has 14 nitrogen and oxygen atoms in total. The summed E-state index contributed by atoms with van der Waals surface area (Å²) in [5, 5.41) is 6.38. The van der Waals surface area contributed by atoms with E-state index in [4.69, 9.17) is 14.2 Å². The van der Waals surface area contributed by atoms with E-state index >= 15 is 0 Å². The molecule has 1 aromatic heterocycles. The predicted molar refractivity (Wildman–Crippen MR) is 202 cm³/mol. The summed E-state index contributed by atoms with van der Waals surface area (Å²) >= 11 is 0. The molecule has 2 aliphatic heterocycles. The van der Waals surface area contributed by atoms with E-state index in [9.17, 15) is 45.2 Å². The van der Waals surface area contributed by atoms with E-state index in [-0.39, 0.29) is 44.0 Å². The number of carbonyl (C=O) groups is 4. The Bertz CT molecular complexity index is 2030. The molecule has 2 saturated heterocycles. The van der Waals surface area contributed by atoms with E-state index in [2.05, 4.69) is 15.6 Å². The van der Waals surface area contributed by atoms with Crippen LogP contribution in [0.25, 0.3) is 10.8 Å². The molecule has 1 aromatic carbocycles. The van der Waals surface area contributed by atoms with Gasteiger partial charge in [-0.2, -0.15) is 13.2 Å². The van der Waals surface area contributed by atoms with Crippen molar-refractivity contribution >= 4 is 44.6 Å². The van der Waals surface area contributed by atoms with Crippen molar-refractivity contribution in [3.63, 3.8) is 0 Å². The zero-order valence-corrected chi connectivity index (χ0v) is 33.9. The third-order valence-corrected chi connectivity index (χ3v) is 14.3. The molecule has 19 heteroatoms. The van der Waals surface area contributed by atoms with Crippen LogP contribution in [0.4, 0.5) is 22.4 Å². The number of ether oxygens (including phenoxy) is 3. The molecule has 4 fully saturated rings. The molecule has 58 heavy (non-hydrogen) atoms.